The Morgan fingerprint density at radius 2 is 2.04 bits per heavy atom. The number of carbonyl (C=O) groups is 3. The first kappa shape index (κ1) is 18.4. The van der Waals surface area contributed by atoms with E-state index in [9.17, 15) is 14.4 Å². The quantitative estimate of drug-likeness (QED) is 0.855. The first-order valence-corrected chi connectivity index (χ1v) is 9.00. The van der Waals surface area contributed by atoms with Crippen LogP contribution in [0, 0.1) is 5.92 Å². The van der Waals surface area contributed by atoms with Crippen molar-refractivity contribution in [2.45, 2.75) is 32.3 Å². The summed E-state index contributed by atoms with van der Waals surface area (Å²) in [5.74, 6) is -1.47. The Morgan fingerprint density at radius 3 is 2.77 bits per heavy atom. The van der Waals surface area contributed by atoms with Gasteiger partial charge in [0.05, 0.1) is 25.0 Å². The number of aliphatic carboxylic acids is 1. The number of nitrogens with zero attached hydrogens (tertiary/aromatic N) is 2. The number of carboxylic acids is 1. The fraction of sp³-hybridized carbons (Fsp3) is 0.526. The molecular weight excluding hydrogens is 336 g/mol. The van der Waals surface area contributed by atoms with E-state index >= 15 is 0 Å². The first-order valence-electron chi connectivity index (χ1n) is 9.00. The van der Waals surface area contributed by atoms with Gasteiger partial charge in [-0.2, -0.15) is 0 Å². The van der Waals surface area contributed by atoms with E-state index in [2.05, 4.69) is 0 Å². The maximum absolute atomic E-state index is 12.9. The van der Waals surface area contributed by atoms with Crippen LogP contribution >= 0.6 is 0 Å². The van der Waals surface area contributed by atoms with Crippen LogP contribution in [0.1, 0.15) is 25.3 Å². The summed E-state index contributed by atoms with van der Waals surface area (Å²) in [6.07, 6.45) is 0.402. The molecule has 2 heterocycles. The van der Waals surface area contributed by atoms with Gasteiger partial charge < -0.3 is 19.6 Å². The van der Waals surface area contributed by atoms with Gasteiger partial charge in [0.2, 0.25) is 11.8 Å². The van der Waals surface area contributed by atoms with Crippen molar-refractivity contribution in [3.63, 3.8) is 0 Å². The average Bonchev–Trinajstić information content (AvgIpc) is 3.02. The number of ether oxygens (including phenoxy) is 1. The molecule has 0 unspecified atom stereocenters. The number of anilines is 1. The van der Waals surface area contributed by atoms with Crippen molar-refractivity contribution in [2.24, 2.45) is 5.92 Å². The molecule has 140 valence electrons. The maximum atomic E-state index is 12.9. The highest BCUT2D eigenvalue weighted by molar-refractivity contribution is 6.00. The van der Waals surface area contributed by atoms with Gasteiger partial charge in [-0.05, 0) is 18.1 Å². The van der Waals surface area contributed by atoms with Crippen molar-refractivity contribution in [3.8, 4) is 0 Å². The van der Waals surface area contributed by atoms with E-state index in [1.165, 1.54) is 0 Å². The third-order valence-corrected chi connectivity index (χ3v) is 4.99. The highest BCUT2D eigenvalue weighted by Gasteiger charge is 2.39. The molecule has 26 heavy (non-hydrogen) atoms. The van der Waals surface area contributed by atoms with Crippen LogP contribution in [0.2, 0.25) is 0 Å². The summed E-state index contributed by atoms with van der Waals surface area (Å²) < 4.78 is 5.42. The summed E-state index contributed by atoms with van der Waals surface area (Å²) in [6.45, 7) is 3.44. The van der Waals surface area contributed by atoms with Gasteiger partial charge in [-0.15, -0.1) is 0 Å². The van der Waals surface area contributed by atoms with Crippen LogP contribution in [-0.2, 0) is 25.5 Å². The molecule has 0 saturated carbocycles. The molecule has 1 aromatic rings. The second kappa shape index (κ2) is 7.86. The normalized spacial score (nSPS) is 23.3. The molecule has 2 fully saturated rings. The molecule has 3 rings (SSSR count). The van der Waals surface area contributed by atoms with Crippen LogP contribution in [0.3, 0.4) is 0 Å². The third kappa shape index (κ3) is 3.88. The van der Waals surface area contributed by atoms with Gasteiger partial charge in [-0.3, -0.25) is 14.4 Å². The van der Waals surface area contributed by atoms with Crippen molar-refractivity contribution in [1.82, 2.24) is 4.90 Å². The van der Waals surface area contributed by atoms with E-state index in [0.29, 0.717) is 19.7 Å². The molecule has 0 aliphatic carbocycles. The SMILES string of the molecule is CCc1ccccc1N1C[C@H](C(=O)N2CCO[C@H](CC(=O)O)C2)CC1=O. The van der Waals surface area contributed by atoms with Gasteiger partial charge in [0, 0.05) is 31.7 Å². The predicted molar refractivity (Wildman–Crippen MR) is 94.9 cm³/mol. The molecule has 7 nitrogen and oxygen atoms in total. The largest absolute Gasteiger partial charge is 0.481 e. The van der Waals surface area contributed by atoms with Crippen LogP contribution in [0.4, 0.5) is 5.69 Å². The minimum atomic E-state index is -0.942. The van der Waals surface area contributed by atoms with E-state index < -0.39 is 18.0 Å². The lowest BCUT2D eigenvalue weighted by molar-refractivity contribution is -0.149. The van der Waals surface area contributed by atoms with Crippen molar-refractivity contribution in [2.75, 3.05) is 31.1 Å². The number of rotatable bonds is 5. The average molecular weight is 360 g/mol. The second-order valence-electron chi connectivity index (χ2n) is 6.76. The lowest BCUT2D eigenvalue weighted by atomic mass is 10.1. The number of aryl methyl sites for hydroxylation is 1. The number of hydrogen-bond acceptors (Lipinski definition) is 4. The predicted octanol–water partition coefficient (Wildman–Crippen LogP) is 1.30. The van der Waals surface area contributed by atoms with E-state index in [4.69, 9.17) is 9.84 Å². The Kier molecular flexibility index (Phi) is 5.56. The van der Waals surface area contributed by atoms with Crippen LogP contribution in [-0.4, -0.2) is 60.1 Å². The van der Waals surface area contributed by atoms with E-state index in [1.54, 1.807) is 9.80 Å². The number of carboxylic acid groups (broad SMARTS) is 1. The molecular formula is C19H24N2O5. The van der Waals surface area contributed by atoms with Crippen LogP contribution in [0.15, 0.2) is 24.3 Å². The van der Waals surface area contributed by atoms with Gasteiger partial charge in [-0.1, -0.05) is 25.1 Å². The molecule has 0 radical (unpaired) electrons. The Hall–Kier alpha value is -2.41. The molecule has 2 aliphatic heterocycles. The number of carbonyl (C=O) groups excluding carboxylic acids is 2. The summed E-state index contributed by atoms with van der Waals surface area (Å²) in [4.78, 5) is 39.6. The topological polar surface area (TPSA) is 87.2 Å². The number of morpholine rings is 1. The second-order valence-corrected chi connectivity index (χ2v) is 6.76. The Morgan fingerprint density at radius 1 is 1.27 bits per heavy atom. The van der Waals surface area contributed by atoms with Crippen molar-refractivity contribution in [1.29, 1.82) is 0 Å². The zero-order valence-electron chi connectivity index (χ0n) is 14.9. The van der Waals surface area contributed by atoms with Gasteiger partial charge >= 0.3 is 5.97 Å². The molecule has 0 bridgehead atoms. The zero-order valence-corrected chi connectivity index (χ0v) is 14.9. The highest BCUT2D eigenvalue weighted by Crippen LogP contribution is 2.29. The Labute approximate surface area is 152 Å². The zero-order chi connectivity index (χ0) is 18.7. The fourth-order valence-electron chi connectivity index (χ4n) is 3.67. The van der Waals surface area contributed by atoms with Gasteiger partial charge in [-0.25, -0.2) is 0 Å². The van der Waals surface area contributed by atoms with Crippen LogP contribution in [0.5, 0.6) is 0 Å². The van der Waals surface area contributed by atoms with Gasteiger partial charge in [0.1, 0.15) is 0 Å². The molecule has 2 saturated heterocycles. The number of amides is 2. The first-order chi connectivity index (χ1) is 12.5. The van der Waals surface area contributed by atoms with E-state index in [0.717, 1.165) is 17.7 Å². The van der Waals surface area contributed by atoms with Crippen LogP contribution in [0.25, 0.3) is 0 Å². The molecule has 0 spiro atoms. The van der Waals surface area contributed by atoms with Crippen molar-refractivity contribution < 1.29 is 24.2 Å². The van der Waals surface area contributed by atoms with E-state index in [1.807, 2.05) is 31.2 Å². The standard InChI is InChI=1S/C19H24N2O5/c1-2-13-5-3-4-6-16(13)21-11-14(9-17(21)22)19(25)20-7-8-26-15(12-20)10-18(23)24/h3-6,14-15H,2,7-12H2,1H3,(H,23,24)/t14-,15-/m1/s1. The Balaban J connectivity index is 1.68. The number of benzene rings is 1. The number of hydrogen-bond donors (Lipinski definition) is 1. The summed E-state index contributed by atoms with van der Waals surface area (Å²) in [5, 5.41) is 8.91. The van der Waals surface area contributed by atoms with E-state index in [-0.39, 0.29) is 31.2 Å². The molecule has 2 amide bonds. The van der Waals surface area contributed by atoms with Gasteiger partial charge in [0.25, 0.3) is 0 Å². The third-order valence-electron chi connectivity index (χ3n) is 4.99. The molecule has 2 aliphatic rings. The summed E-state index contributed by atoms with van der Waals surface area (Å²) in [7, 11) is 0. The van der Waals surface area contributed by atoms with Crippen molar-refractivity contribution in [3.05, 3.63) is 29.8 Å². The summed E-state index contributed by atoms with van der Waals surface area (Å²) in [6, 6.07) is 7.76. The number of para-hydroxylation sites is 1. The minimum Gasteiger partial charge on any atom is -0.481 e. The monoisotopic (exact) mass is 360 g/mol. The molecule has 1 aromatic carbocycles. The summed E-state index contributed by atoms with van der Waals surface area (Å²) >= 11 is 0. The molecule has 1 N–H and O–H groups in total. The maximum Gasteiger partial charge on any atom is 0.306 e. The Bertz CT molecular complexity index is 705. The highest BCUT2D eigenvalue weighted by atomic mass is 16.5. The lowest BCUT2D eigenvalue weighted by Crippen LogP contribution is -2.48. The van der Waals surface area contributed by atoms with Gasteiger partial charge in [0.15, 0.2) is 0 Å². The summed E-state index contributed by atoms with van der Waals surface area (Å²) in [5.41, 5.74) is 1.96. The molecule has 2 atom stereocenters. The molecule has 0 aromatic heterocycles. The lowest BCUT2D eigenvalue weighted by Gasteiger charge is -2.33. The minimum absolute atomic E-state index is 0.0420. The fourth-order valence-corrected chi connectivity index (χ4v) is 3.67. The van der Waals surface area contributed by atoms with Crippen molar-refractivity contribution >= 4 is 23.5 Å². The molecule has 7 heteroatoms. The smallest absolute Gasteiger partial charge is 0.306 e. The van der Waals surface area contributed by atoms with Crippen LogP contribution < -0.4 is 4.90 Å².